The van der Waals surface area contributed by atoms with Gasteiger partial charge in [-0.2, -0.15) is 5.26 Å². The van der Waals surface area contributed by atoms with Gasteiger partial charge in [-0.3, -0.25) is 9.59 Å². The Kier molecular flexibility index (Phi) is 7.28. The molecule has 7 nitrogen and oxygen atoms in total. The maximum atomic E-state index is 13.1. The lowest BCUT2D eigenvalue weighted by Gasteiger charge is -2.36. The van der Waals surface area contributed by atoms with Gasteiger partial charge in [0.1, 0.15) is 17.5 Å². The van der Waals surface area contributed by atoms with Crippen LogP contribution in [-0.4, -0.2) is 67.6 Å². The lowest BCUT2D eigenvalue weighted by Crippen LogP contribution is -2.49. The van der Waals surface area contributed by atoms with Crippen LogP contribution in [0.2, 0.25) is 0 Å². The average Bonchev–Trinajstić information content (AvgIpc) is 2.78. The van der Waals surface area contributed by atoms with Crippen LogP contribution in [0.4, 0.5) is 10.1 Å². The molecule has 3 rings (SSSR count). The molecular formula is C22H27FN4O3. The molecule has 0 spiro atoms. The van der Waals surface area contributed by atoms with E-state index in [1.54, 1.807) is 30.2 Å². The maximum Gasteiger partial charge on any atom is 0.309 e. The molecular weight excluding hydrogens is 387 g/mol. The fourth-order valence-electron chi connectivity index (χ4n) is 3.83. The van der Waals surface area contributed by atoms with Crippen molar-refractivity contribution in [2.45, 2.75) is 19.8 Å². The highest BCUT2D eigenvalue weighted by molar-refractivity contribution is 5.97. The van der Waals surface area contributed by atoms with Crippen molar-refractivity contribution in [3.05, 3.63) is 41.9 Å². The molecule has 0 atom stereocenters. The summed E-state index contributed by atoms with van der Waals surface area (Å²) in [6.07, 6.45) is 2.92. The minimum atomic E-state index is -0.275. The molecule has 0 aromatic heterocycles. The predicted molar refractivity (Wildman–Crippen MR) is 110 cm³/mol. The normalized spacial score (nSPS) is 18.2. The molecule has 2 aliphatic rings. The van der Waals surface area contributed by atoms with Crippen molar-refractivity contribution in [3.8, 4) is 6.07 Å². The highest BCUT2D eigenvalue weighted by Crippen LogP contribution is 2.21. The van der Waals surface area contributed by atoms with E-state index in [-0.39, 0.29) is 29.2 Å². The summed E-state index contributed by atoms with van der Waals surface area (Å²) < 4.78 is 18.2. The van der Waals surface area contributed by atoms with Crippen molar-refractivity contribution in [2.24, 2.45) is 5.92 Å². The zero-order valence-corrected chi connectivity index (χ0v) is 17.2. The van der Waals surface area contributed by atoms with Crippen molar-refractivity contribution in [1.82, 2.24) is 9.80 Å². The van der Waals surface area contributed by atoms with E-state index < -0.39 is 0 Å². The summed E-state index contributed by atoms with van der Waals surface area (Å²) in [5.74, 6) is -0.835. The molecule has 2 heterocycles. The number of hydrogen-bond donors (Lipinski definition) is 0. The molecule has 2 aliphatic heterocycles. The lowest BCUT2D eigenvalue weighted by molar-refractivity contribution is -0.149. The number of ether oxygens (including phenoxy) is 1. The van der Waals surface area contributed by atoms with Crippen LogP contribution in [0.1, 0.15) is 19.8 Å². The molecule has 1 aromatic carbocycles. The molecule has 1 aromatic rings. The number of nitrogens with zero attached hydrogens (tertiary/aromatic N) is 4. The second-order valence-electron chi connectivity index (χ2n) is 7.47. The number of esters is 1. The van der Waals surface area contributed by atoms with Crippen molar-refractivity contribution in [1.29, 1.82) is 5.26 Å². The first-order chi connectivity index (χ1) is 14.5. The van der Waals surface area contributed by atoms with Crippen LogP contribution < -0.4 is 4.90 Å². The zero-order chi connectivity index (χ0) is 21.5. The molecule has 160 valence electrons. The number of benzene rings is 1. The molecule has 0 aliphatic carbocycles. The van der Waals surface area contributed by atoms with Crippen molar-refractivity contribution < 1.29 is 18.7 Å². The number of amides is 1. The van der Waals surface area contributed by atoms with Gasteiger partial charge in [-0.05, 0) is 44.0 Å². The van der Waals surface area contributed by atoms with Crippen LogP contribution in [0.3, 0.4) is 0 Å². The average molecular weight is 414 g/mol. The number of rotatable bonds is 5. The van der Waals surface area contributed by atoms with E-state index in [2.05, 4.69) is 4.90 Å². The van der Waals surface area contributed by atoms with Gasteiger partial charge < -0.3 is 19.4 Å². The molecule has 0 N–H and O–H groups in total. The summed E-state index contributed by atoms with van der Waals surface area (Å²) in [4.78, 5) is 30.4. The molecule has 0 radical (unpaired) electrons. The third kappa shape index (κ3) is 5.29. The van der Waals surface area contributed by atoms with E-state index in [4.69, 9.17) is 4.74 Å². The SMILES string of the molecule is CCOC(=O)C1CCN(/C=C(/C#N)C(=O)N2CCN(c3ccc(F)cc3)CC2)CC1. The third-order valence-electron chi connectivity index (χ3n) is 5.57. The number of anilines is 1. The Bertz CT molecular complexity index is 818. The van der Waals surface area contributed by atoms with Crippen LogP contribution in [-0.2, 0) is 14.3 Å². The molecule has 2 fully saturated rings. The summed E-state index contributed by atoms with van der Waals surface area (Å²) >= 11 is 0. The van der Waals surface area contributed by atoms with E-state index in [1.165, 1.54) is 12.1 Å². The number of hydrogen-bond acceptors (Lipinski definition) is 6. The monoisotopic (exact) mass is 414 g/mol. The smallest absolute Gasteiger partial charge is 0.309 e. The minimum Gasteiger partial charge on any atom is -0.466 e. The fraction of sp³-hybridized carbons (Fsp3) is 0.500. The van der Waals surface area contributed by atoms with Gasteiger partial charge in [0.15, 0.2) is 0 Å². The maximum absolute atomic E-state index is 13.1. The van der Waals surface area contributed by atoms with Gasteiger partial charge in [0, 0.05) is 51.2 Å². The van der Waals surface area contributed by atoms with Gasteiger partial charge in [0.25, 0.3) is 5.91 Å². The molecule has 0 unspecified atom stereocenters. The second-order valence-corrected chi connectivity index (χ2v) is 7.47. The topological polar surface area (TPSA) is 76.9 Å². The summed E-state index contributed by atoms with van der Waals surface area (Å²) in [5, 5.41) is 9.51. The second kappa shape index (κ2) is 10.1. The van der Waals surface area contributed by atoms with E-state index >= 15 is 0 Å². The van der Waals surface area contributed by atoms with Gasteiger partial charge in [-0.15, -0.1) is 0 Å². The Morgan fingerprint density at radius 3 is 2.33 bits per heavy atom. The lowest BCUT2D eigenvalue weighted by atomic mass is 9.97. The Hall–Kier alpha value is -3.08. The molecule has 0 saturated carbocycles. The van der Waals surface area contributed by atoms with Gasteiger partial charge in [0.05, 0.1) is 12.5 Å². The summed E-state index contributed by atoms with van der Waals surface area (Å²) in [6, 6.07) is 8.34. The summed E-state index contributed by atoms with van der Waals surface area (Å²) in [6.45, 7) is 5.64. The molecule has 2 saturated heterocycles. The van der Waals surface area contributed by atoms with Gasteiger partial charge >= 0.3 is 5.97 Å². The highest BCUT2D eigenvalue weighted by Gasteiger charge is 2.27. The Labute approximate surface area is 176 Å². The van der Waals surface area contributed by atoms with E-state index in [1.807, 2.05) is 11.0 Å². The summed E-state index contributed by atoms with van der Waals surface area (Å²) in [7, 11) is 0. The van der Waals surface area contributed by atoms with Gasteiger partial charge in [-0.25, -0.2) is 4.39 Å². The molecule has 8 heteroatoms. The Morgan fingerprint density at radius 2 is 1.77 bits per heavy atom. The predicted octanol–water partition coefficient (Wildman–Crippen LogP) is 2.16. The van der Waals surface area contributed by atoms with E-state index in [0.717, 1.165) is 5.69 Å². The number of carbonyl (C=O) groups is 2. The summed E-state index contributed by atoms with van der Waals surface area (Å²) in [5.41, 5.74) is 1.03. The number of carbonyl (C=O) groups excluding carboxylic acids is 2. The van der Waals surface area contributed by atoms with Crippen molar-refractivity contribution in [2.75, 3.05) is 50.8 Å². The first-order valence-corrected chi connectivity index (χ1v) is 10.3. The number of piperazine rings is 1. The van der Waals surface area contributed by atoms with Crippen LogP contribution in [0.25, 0.3) is 0 Å². The highest BCUT2D eigenvalue weighted by atomic mass is 19.1. The number of likely N-dealkylation sites (tertiary alicyclic amines) is 1. The van der Waals surface area contributed by atoms with Gasteiger partial charge in [0.2, 0.25) is 0 Å². The van der Waals surface area contributed by atoms with E-state index in [9.17, 15) is 19.2 Å². The standard InChI is InChI=1S/C22H27FN4O3/c1-2-30-22(29)17-7-9-25(10-8-17)16-18(15-24)21(28)27-13-11-26(12-14-27)20-5-3-19(23)4-6-20/h3-6,16-17H,2,7-14H2,1H3/b18-16-. The quantitative estimate of drug-likeness (QED) is 0.418. The van der Waals surface area contributed by atoms with Crippen LogP contribution in [0.5, 0.6) is 0 Å². The largest absolute Gasteiger partial charge is 0.466 e. The van der Waals surface area contributed by atoms with Crippen molar-refractivity contribution in [3.63, 3.8) is 0 Å². The molecule has 0 bridgehead atoms. The zero-order valence-electron chi connectivity index (χ0n) is 17.2. The van der Waals surface area contributed by atoms with Crippen LogP contribution in [0, 0.1) is 23.1 Å². The minimum absolute atomic E-state index is 0.111. The van der Waals surface area contributed by atoms with Gasteiger partial charge in [-0.1, -0.05) is 0 Å². The van der Waals surface area contributed by atoms with Crippen molar-refractivity contribution >= 4 is 17.6 Å². The van der Waals surface area contributed by atoms with Crippen LogP contribution >= 0.6 is 0 Å². The Balaban J connectivity index is 1.53. The van der Waals surface area contributed by atoms with E-state index in [0.29, 0.717) is 58.7 Å². The number of nitriles is 1. The number of piperidine rings is 1. The fourth-order valence-corrected chi connectivity index (χ4v) is 3.83. The molecule has 30 heavy (non-hydrogen) atoms. The van der Waals surface area contributed by atoms with Crippen LogP contribution in [0.15, 0.2) is 36.0 Å². The Morgan fingerprint density at radius 1 is 1.13 bits per heavy atom. The number of halogens is 1. The first-order valence-electron chi connectivity index (χ1n) is 10.3. The third-order valence-corrected chi connectivity index (χ3v) is 5.57. The first kappa shape index (κ1) is 21.6. The molecule has 1 amide bonds.